The number of primary amides is 1. The summed E-state index contributed by atoms with van der Waals surface area (Å²) < 4.78 is 1.87. The van der Waals surface area contributed by atoms with Crippen molar-refractivity contribution < 1.29 is 4.79 Å². The lowest BCUT2D eigenvalue weighted by atomic mass is 10.2. The van der Waals surface area contributed by atoms with E-state index in [0.29, 0.717) is 0 Å². The molecule has 2 aromatic rings. The minimum Gasteiger partial charge on any atom is -0.369 e. The fraction of sp³-hybridized carbons (Fsp3) is 0.200. The molecule has 0 atom stereocenters. The van der Waals surface area contributed by atoms with E-state index in [2.05, 4.69) is 16.9 Å². The maximum atomic E-state index is 10.6. The third-order valence-corrected chi connectivity index (χ3v) is 2.60. The van der Waals surface area contributed by atoms with Crippen molar-refractivity contribution in [1.29, 1.82) is 0 Å². The first kappa shape index (κ1) is 12.9. The normalized spacial score (nSPS) is 9.79. The van der Waals surface area contributed by atoms with E-state index < -0.39 is 5.91 Å². The fourth-order valence-electron chi connectivity index (χ4n) is 1.84. The van der Waals surface area contributed by atoms with Crippen molar-refractivity contribution in [2.45, 2.75) is 20.3 Å². The van der Waals surface area contributed by atoms with Gasteiger partial charge in [-0.05, 0) is 38.1 Å². The first-order chi connectivity index (χ1) is 9.06. The molecule has 0 aliphatic carbocycles. The van der Waals surface area contributed by atoms with Gasteiger partial charge in [0.2, 0.25) is 5.91 Å². The van der Waals surface area contributed by atoms with Gasteiger partial charge in [-0.3, -0.25) is 4.79 Å². The summed E-state index contributed by atoms with van der Waals surface area (Å²) in [6.07, 6.45) is 0.0735. The molecular weight excluding hydrogens is 238 g/mol. The minimum absolute atomic E-state index is 0.0735. The molecule has 0 spiro atoms. The standard InChI is InChI=1S/C15H15N3O/c1-11-9-12(2)18(17-11)14-7-3-5-13(10-14)6-4-8-15(16)19/h3,5,7,9-10H,8H2,1-2H3,(H2,16,19). The quantitative estimate of drug-likeness (QED) is 0.828. The summed E-state index contributed by atoms with van der Waals surface area (Å²) in [7, 11) is 0. The van der Waals surface area contributed by atoms with Crippen molar-refractivity contribution in [3.8, 4) is 17.5 Å². The highest BCUT2D eigenvalue weighted by atomic mass is 16.1. The van der Waals surface area contributed by atoms with E-state index in [-0.39, 0.29) is 6.42 Å². The van der Waals surface area contributed by atoms with E-state index in [1.807, 2.05) is 48.9 Å². The number of nitrogens with zero attached hydrogens (tertiary/aromatic N) is 2. The maximum absolute atomic E-state index is 10.6. The molecule has 96 valence electrons. The molecule has 0 radical (unpaired) electrons. The van der Waals surface area contributed by atoms with Crippen LogP contribution in [0, 0.1) is 25.7 Å². The van der Waals surface area contributed by atoms with Crippen molar-refractivity contribution in [1.82, 2.24) is 9.78 Å². The fourth-order valence-corrected chi connectivity index (χ4v) is 1.84. The van der Waals surface area contributed by atoms with Crippen molar-refractivity contribution in [3.63, 3.8) is 0 Å². The van der Waals surface area contributed by atoms with Crippen LogP contribution in [-0.2, 0) is 4.79 Å². The number of aryl methyl sites for hydroxylation is 2. The summed E-state index contributed by atoms with van der Waals surface area (Å²) >= 11 is 0. The average molecular weight is 253 g/mol. The third kappa shape index (κ3) is 3.23. The largest absolute Gasteiger partial charge is 0.369 e. The smallest absolute Gasteiger partial charge is 0.229 e. The van der Waals surface area contributed by atoms with Crippen LogP contribution in [0.25, 0.3) is 5.69 Å². The number of amides is 1. The van der Waals surface area contributed by atoms with Crippen LogP contribution in [0.15, 0.2) is 30.3 Å². The SMILES string of the molecule is Cc1cc(C)n(-c2cccc(C#CCC(N)=O)c2)n1. The molecule has 0 unspecified atom stereocenters. The summed E-state index contributed by atoms with van der Waals surface area (Å²) in [5.74, 6) is 5.25. The topological polar surface area (TPSA) is 60.9 Å². The predicted molar refractivity (Wildman–Crippen MR) is 73.7 cm³/mol. The number of hydrogen-bond donors (Lipinski definition) is 1. The molecule has 0 fully saturated rings. The Balaban J connectivity index is 2.31. The van der Waals surface area contributed by atoms with Crippen LogP contribution in [-0.4, -0.2) is 15.7 Å². The zero-order chi connectivity index (χ0) is 13.8. The lowest BCUT2D eigenvalue weighted by Gasteiger charge is -2.04. The summed E-state index contributed by atoms with van der Waals surface area (Å²) in [6.45, 7) is 3.96. The molecule has 4 heteroatoms. The Morgan fingerprint density at radius 3 is 2.79 bits per heavy atom. The molecular formula is C15H15N3O. The van der Waals surface area contributed by atoms with Crippen molar-refractivity contribution in [2.75, 3.05) is 0 Å². The summed E-state index contributed by atoms with van der Waals surface area (Å²) in [5.41, 5.74) is 8.88. The zero-order valence-corrected chi connectivity index (χ0v) is 11.0. The number of carbonyl (C=O) groups is 1. The van der Waals surface area contributed by atoms with E-state index >= 15 is 0 Å². The molecule has 0 aliphatic heterocycles. The third-order valence-electron chi connectivity index (χ3n) is 2.60. The molecule has 2 rings (SSSR count). The van der Waals surface area contributed by atoms with Gasteiger partial charge in [-0.15, -0.1) is 0 Å². The first-order valence-electron chi connectivity index (χ1n) is 5.97. The van der Waals surface area contributed by atoms with Crippen LogP contribution in [0.5, 0.6) is 0 Å². The van der Waals surface area contributed by atoms with E-state index in [0.717, 1.165) is 22.6 Å². The molecule has 1 aromatic carbocycles. The Morgan fingerprint density at radius 1 is 1.37 bits per heavy atom. The van der Waals surface area contributed by atoms with Crippen LogP contribution in [0.3, 0.4) is 0 Å². The number of hydrogen-bond acceptors (Lipinski definition) is 2. The number of aromatic nitrogens is 2. The van der Waals surface area contributed by atoms with E-state index in [1.165, 1.54) is 0 Å². The molecule has 19 heavy (non-hydrogen) atoms. The van der Waals surface area contributed by atoms with Crippen LogP contribution in [0.1, 0.15) is 23.4 Å². The molecule has 0 saturated carbocycles. The van der Waals surface area contributed by atoms with Crippen LogP contribution >= 0.6 is 0 Å². The predicted octanol–water partition coefficient (Wildman–Crippen LogP) is 1.72. The van der Waals surface area contributed by atoms with Gasteiger partial charge < -0.3 is 5.73 Å². The molecule has 0 aliphatic rings. The van der Waals surface area contributed by atoms with Gasteiger partial charge in [0.05, 0.1) is 17.8 Å². The highest BCUT2D eigenvalue weighted by Gasteiger charge is 2.03. The molecule has 2 N–H and O–H groups in total. The van der Waals surface area contributed by atoms with Crippen molar-refractivity contribution in [2.24, 2.45) is 5.73 Å². The molecule has 4 nitrogen and oxygen atoms in total. The highest BCUT2D eigenvalue weighted by Crippen LogP contribution is 2.13. The summed E-state index contributed by atoms with van der Waals surface area (Å²) in [5, 5.41) is 4.42. The molecule has 0 saturated heterocycles. The van der Waals surface area contributed by atoms with Gasteiger partial charge in [0.15, 0.2) is 0 Å². The van der Waals surface area contributed by atoms with Crippen LogP contribution < -0.4 is 5.73 Å². The Kier molecular flexibility index (Phi) is 3.67. The Bertz CT molecular complexity index is 674. The lowest BCUT2D eigenvalue weighted by Crippen LogP contribution is -2.08. The molecule has 1 aromatic heterocycles. The van der Waals surface area contributed by atoms with Gasteiger partial charge >= 0.3 is 0 Å². The maximum Gasteiger partial charge on any atom is 0.229 e. The Morgan fingerprint density at radius 2 is 2.16 bits per heavy atom. The second-order valence-electron chi connectivity index (χ2n) is 4.33. The van der Waals surface area contributed by atoms with Gasteiger partial charge in [0.1, 0.15) is 0 Å². The van der Waals surface area contributed by atoms with Gasteiger partial charge in [0.25, 0.3) is 0 Å². The zero-order valence-electron chi connectivity index (χ0n) is 11.0. The summed E-state index contributed by atoms with van der Waals surface area (Å²) in [6, 6.07) is 9.74. The highest BCUT2D eigenvalue weighted by molar-refractivity contribution is 5.76. The Labute approximate surface area is 112 Å². The molecule has 1 amide bonds. The van der Waals surface area contributed by atoms with E-state index in [1.54, 1.807) is 0 Å². The number of nitrogens with two attached hydrogens (primary N) is 1. The Hall–Kier alpha value is -2.54. The first-order valence-corrected chi connectivity index (χ1v) is 5.97. The molecule has 0 bridgehead atoms. The number of benzene rings is 1. The number of carbonyl (C=O) groups excluding carboxylic acids is 1. The second-order valence-corrected chi connectivity index (χ2v) is 4.33. The molecule has 1 heterocycles. The minimum atomic E-state index is -0.415. The lowest BCUT2D eigenvalue weighted by molar-refractivity contribution is -0.117. The van der Waals surface area contributed by atoms with Gasteiger partial charge in [-0.1, -0.05) is 17.9 Å². The van der Waals surface area contributed by atoms with E-state index in [9.17, 15) is 4.79 Å². The van der Waals surface area contributed by atoms with Crippen LogP contribution in [0.2, 0.25) is 0 Å². The average Bonchev–Trinajstić information content (AvgIpc) is 2.68. The van der Waals surface area contributed by atoms with Crippen molar-refractivity contribution in [3.05, 3.63) is 47.3 Å². The number of rotatable bonds is 2. The van der Waals surface area contributed by atoms with Gasteiger partial charge in [-0.25, -0.2) is 4.68 Å². The second kappa shape index (κ2) is 5.40. The van der Waals surface area contributed by atoms with Crippen molar-refractivity contribution >= 4 is 5.91 Å². The monoisotopic (exact) mass is 253 g/mol. The van der Waals surface area contributed by atoms with Crippen LogP contribution in [0.4, 0.5) is 0 Å². The summed E-state index contributed by atoms with van der Waals surface area (Å²) in [4.78, 5) is 10.6. The van der Waals surface area contributed by atoms with E-state index in [4.69, 9.17) is 5.73 Å². The van der Waals surface area contributed by atoms with Gasteiger partial charge in [0, 0.05) is 11.3 Å². The van der Waals surface area contributed by atoms with Gasteiger partial charge in [-0.2, -0.15) is 5.10 Å².